The summed E-state index contributed by atoms with van der Waals surface area (Å²) in [7, 11) is 0. The van der Waals surface area contributed by atoms with Crippen LogP contribution in [0.5, 0.6) is 0 Å². The second kappa shape index (κ2) is 5.46. The van der Waals surface area contributed by atoms with Crippen molar-refractivity contribution in [1.29, 1.82) is 0 Å². The summed E-state index contributed by atoms with van der Waals surface area (Å²) in [6.45, 7) is 3.14. The maximum atomic E-state index is 12.5. The van der Waals surface area contributed by atoms with E-state index in [-0.39, 0.29) is 5.54 Å². The predicted octanol–water partition coefficient (Wildman–Crippen LogP) is 2.72. The molecule has 1 unspecified atom stereocenters. The molecule has 1 aliphatic heterocycles. The van der Waals surface area contributed by atoms with Gasteiger partial charge in [0.2, 0.25) is 0 Å². The van der Waals surface area contributed by atoms with Crippen LogP contribution in [0.15, 0.2) is 30.3 Å². The van der Waals surface area contributed by atoms with Crippen LogP contribution in [0.2, 0.25) is 0 Å². The molecule has 2 nitrogen and oxygen atoms in total. The van der Waals surface area contributed by atoms with Crippen molar-refractivity contribution in [2.75, 3.05) is 6.54 Å². The van der Waals surface area contributed by atoms with E-state index < -0.39 is 0 Å². The van der Waals surface area contributed by atoms with Gasteiger partial charge in [-0.05, 0) is 31.4 Å². The van der Waals surface area contributed by atoms with Crippen LogP contribution in [0.25, 0.3) is 0 Å². The van der Waals surface area contributed by atoms with E-state index in [1.165, 1.54) is 0 Å². The minimum atomic E-state index is -0.232. The molecule has 17 heavy (non-hydrogen) atoms. The van der Waals surface area contributed by atoms with Gasteiger partial charge in [-0.25, -0.2) is 0 Å². The summed E-state index contributed by atoms with van der Waals surface area (Å²) < 4.78 is 0. The molecule has 92 valence electrons. The maximum Gasteiger partial charge on any atom is 0.157 e. The quantitative estimate of drug-likeness (QED) is 0.844. The summed E-state index contributed by atoms with van der Waals surface area (Å²) >= 11 is 0. The van der Waals surface area contributed by atoms with E-state index in [2.05, 4.69) is 12.2 Å². The minimum absolute atomic E-state index is 0.232. The van der Waals surface area contributed by atoms with E-state index >= 15 is 0 Å². The number of nitrogens with one attached hydrogen (secondary N) is 1. The molecule has 1 N–H and O–H groups in total. The van der Waals surface area contributed by atoms with Crippen molar-refractivity contribution in [3.05, 3.63) is 35.9 Å². The summed E-state index contributed by atoms with van der Waals surface area (Å²) in [4.78, 5) is 12.5. The molecule has 0 spiro atoms. The van der Waals surface area contributed by atoms with Gasteiger partial charge in [-0.1, -0.05) is 43.7 Å². The first kappa shape index (κ1) is 12.3. The van der Waals surface area contributed by atoms with E-state index in [1.54, 1.807) is 0 Å². The van der Waals surface area contributed by atoms with Crippen molar-refractivity contribution in [2.45, 2.75) is 44.6 Å². The fourth-order valence-electron chi connectivity index (χ4n) is 2.77. The van der Waals surface area contributed by atoms with Crippen molar-refractivity contribution >= 4 is 5.78 Å². The number of hydrogen-bond donors (Lipinski definition) is 1. The molecule has 1 aromatic carbocycles. The van der Waals surface area contributed by atoms with Crippen LogP contribution >= 0.6 is 0 Å². The third-order valence-corrected chi connectivity index (χ3v) is 3.66. The van der Waals surface area contributed by atoms with Crippen LogP contribution in [-0.2, 0) is 11.2 Å². The van der Waals surface area contributed by atoms with Gasteiger partial charge in [0.15, 0.2) is 5.78 Å². The van der Waals surface area contributed by atoms with E-state index in [0.29, 0.717) is 12.2 Å². The molecule has 0 amide bonds. The van der Waals surface area contributed by atoms with Crippen LogP contribution < -0.4 is 5.32 Å². The molecule has 1 fully saturated rings. The summed E-state index contributed by atoms with van der Waals surface area (Å²) in [5.74, 6) is 0.364. The summed E-state index contributed by atoms with van der Waals surface area (Å²) in [6.07, 6.45) is 4.73. The van der Waals surface area contributed by atoms with Crippen molar-refractivity contribution < 1.29 is 4.79 Å². The standard InChI is InChI=1S/C15H21NO/c1-2-9-15(10-6-11-16-15)14(17)12-13-7-4-3-5-8-13/h3-5,7-8,16H,2,6,9-12H2,1H3. The van der Waals surface area contributed by atoms with Gasteiger partial charge in [-0.15, -0.1) is 0 Å². The molecule has 0 aliphatic carbocycles. The molecule has 1 heterocycles. The lowest BCUT2D eigenvalue weighted by Crippen LogP contribution is -2.48. The van der Waals surface area contributed by atoms with Gasteiger partial charge in [0, 0.05) is 6.42 Å². The fourth-order valence-corrected chi connectivity index (χ4v) is 2.77. The number of hydrogen-bond acceptors (Lipinski definition) is 2. The highest BCUT2D eigenvalue weighted by Gasteiger charge is 2.38. The first-order chi connectivity index (χ1) is 8.27. The Hall–Kier alpha value is -1.15. The van der Waals surface area contributed by atoms with E-state index in [1.807, 2.05) is 30.3 Å². The Morgan fingerprint density at radius 2 is 2.12 bits per heavy atom. The molecular formula is C15H21NO. The number of rotatable bonds is 5. The third kappa shape index (κ3) is 2.75. The highest BCUT2D eigenvalue weighted by Crippen LogP contribution is 2.27. The SMILES string of the molecule is CCCC1(C(=O)Cc2ccccc2)CCCN1. The number of Topliss-reactive ketones (excluding diaryl/α,β-unsaturated/α-hetero) is 1. The monoisotopic (exact) mass is 231 g/mol. The van der Waals surface area contributed by atoms with E-state index in [4.69, 9.17) is 0 Å². The van der Waals surface area contributed by atoms with Gasteiger partial charge in [0.05, 0.1) is 5.54 Å². The Kier molecular flexibility index (Phi) is 3.95. The predicted molar refractivity (Wildman–Crippen MR) is 70.0 cm³/mol. The molecule has 1 atom stereocenters. The van der Waals surface area contributed by atoms with Gasteiger partial charge >= 0.3 is 0 Å². The average molecular weight is 231 g/mol. The minimum Gasteiger partial charge on any atom is -0.305 e. The third-order valence-electron chi connectivity index (χ3n) is 3.66. The van der Waals surface area contributed by atoms with Gasteiger partial charge in [0.25, 0.3) is 0 Å². The van der Waals surface area contributed by atoms with Crippen molar-refractivity contribution in [3.63, 3.8) is 0 Å². The van der Waals surface area contributed by atoms with Gasteiger partial charge in [0.1, 0.15) is 0 Å². The fraction of sp³-hybridized carbons (Fsp3) is 0.533. The normalized spacial score (nSPS) is 23.8. The topological polar surface area (TPSA) is 29.1 Å². The van der Waals surface area contributed by atoms with Crippen molar-refractivity contribution in [2.24, 2.45) is 0 Å². The number of benzene rings is 1. The molecule has 0 radical (unpaired) electrons. The van der Waals surface area contributed by atoms with Crippen molar-refractivity contribution in [3.8, 4) is 0 Å². The first-order valence-corrected chi connectivity index (χ1v) is 6.59. The zero-order valence-corrected chi connectivity index (χ0v) is 10.5. The number of ketones is 1. The largest absolute Gasteiger partial charge is 0.305 e. The van der Waals surface area contributed by atoms with Crippen LogP contribution in [0.1, 0.15) is 38.2 Å². The molecule has 1 saturated heterocycles. The molecule has 1 aliphatic rings. The maximum absolute atomic E-state index is 12.5. The van der Waals surface area contributed by atoms with E-state index in [9.17, 15) is 4.79 Å². The Labute approximate surface area is 103 Å². The molecule has 0 aromatic heterocycles. The first-order valence-electron chi connectivity index (χ1n) is 6.59. The Bertz CT molecular complexity index is 366. The molecular weight excluding hydrogens is 210 g/mol. The van der Waals surface area contributed by atoms with Crippen LogP contribution in [0.3, 0.4) is 0 Å². The number of carbonyl (C=O) groups excluding carboxylic acids is 1. The lowest BCUT2D eigenvalue weighted by molar-refractivity contribution is -0.124. The second-order valence-corrected chi connectivity index (χ2v) is 4.95. The summed E-state index contributed by atoms with van der Waals surface area (Å²) in [5, 5.41) is 3.44. The Morgan fingerprint density at radius 1 is 1.35 bits per heavy atom. The van der Waals surface area contributed by atoms with Crippen LogP contribution in [0.4, 0.5) is 0 Å². The van der Waals surface area contributed by atoms with Gasteiger partial charge in [-0.2, -0.15) is 0 Å². The lowest BCUT2D eigenvalue weighted by atomic mass is 9.84. The second-order valence-electron chi connectivity index (χ2n) is 4.95. The average Bonchev–Trinajstić information content (AvgIpc) is 2.81. The Morgan fingerprint density at radius 3 is 2.71 bits per heavy atom. The highest BCUT2D eigenvalue weighted by atomic mass is 16.1. The Balaban J connectivity index is 2.07. The van der Waals surface area contributed by atoms with E-state index in [0.717, 1.165) is 37.8 Å². The van der Waals surface area contributed by atoms with Crippen LogP contribution in [0, 0.1) is 0 Å². The summed E-state index contributed by atoms with van der Waals surface area (Å²) in [6, 6.07) is 10.1. The summed E-state index contributed by atoms with van der Waals surface area (Å²) in [5.41, 5.74) is 0.895. The number of carbonyl (C=O) groups is 1. The smallest absolute Gasteiger partial charge is 0.157 e. The zero-order valence-electron chi connectivity index (χ0n) is 10.5. The van der Waals surface area contributed by atoms with Crippen LogP contribution in [-0.4, -0.2) is 17.9 Å². The lowest BCUT2D eigenvalue weighted by Gasteiger charge is -2.27. The highest BCUT2D eigenvalue weighted by molar-refractivity contribution is 5.90. The van der Waals surface area contributed by atoms with Gasteiger partial charge < -0.3 is 5.32 Å². The van der Waals surface area contributed by atoms with Gasteiger partial charge in [-0.3, -0.25) is 4.79 Å². The molecule has 0 bridgehead atoms. The molecule has 0 saturated carbocycles. The van der Waals surface area contributed by atoms with Crippen molar-refractivity contribution in [1.82, 2.24) is 5.32 Å². The molecule has 1 aromatic rings. The molecule has 2 heteroatoms. The molecule has 2 rings (SSSR count). The zero-order chi connectivity index (χ0) is 12.1.